The Labute approximate surface area is 67.4 Å². The fourth-order valence-corrected chi connectivity index (χ4v) is 1.19. The van der Waals surface area contributed by atoms with Crippen LogP contribution in [0.2, 0.25) is 0 Å². The van der Waals surface area contributed by atoms with Crippen molar-refractivity contribution in [2.45, 2.75) is 9.92 Å². The van der Waals surface area contributed by atoms with E-state index in [1.54, 1.807) is 10.6 Å². The smallest absolute Gasteiger partial charge is 0.179 e. The van der Waals surface area contributed by atoms with Crippen molar-refractivity contribution in [2.75, 3.05) is 0 Å². The highest BCUT2D eigenvalue weighted by atomic mass is 32.1. The lowest BCUT2D eigenvalue weighted by atomic mass is 10.6. The number of thiol groups is 2. The Morgan fingerprint density at radius 2 is 2.30 bits per heavy atom. The number of aromatic nitrogens is 4. The highest BCUT2D eigenvalue weighted by Crippen LogP contribution is 2.19. The highest BCUT2D eigenvalue weighted by Gasteiger charge is 2.04. The lowest BCUT2D eigenvalue weighted by Gasteiger charge is -1.85. The van der Waals surface area contributed by atoms with Crippen LogP contribution in [0.5, 0.6) is 0 Å². The molecule has 2 heterocycles. The number of H-pyrrole nitrogens is 1. The van der Waals surface area contributed by atoms with E-state index in [4.69, 9.17) is 0 Å². The van der Waals surface area contributed by atoms with E-state index in [2.05, 4.69) is 40.8 Å². The summed E-state index contributed by atoms with van der Waals surface area (Å²) in [6.07, 6.45) is 0. The molecule has 0 radical (unpaired) electrons. The lowest BCUT2D eigenvalue weighted by Crippen LogP contribution is -1.83. The molecule has 10 heavy (non-hydrogen) atoms. The van der Waals surface area contributed by atoms with Crippen molar-refractivity contribution in [3.05, 3.63) is 6.07 Å². The first kappa shape index (κ1) is 6.11. The number of aromatic amines is 1. The summed E-state index contributed by atoms with van der Waals surface area (Å²) in [4.78, 5) is 0.796. The zero-order chi connectivity index (χ0) is 7.14. The van der Waals surface area contributed by atoms with Gasteiger partial charge in [-0.25, -0.2) is 4.52 Å². The fourth-order valence-electron chi connectivity index (χ4n) is 0.765. The summed E-state index contributed by atoms with van der Waals surface area (Å²) in [5.74, 6) is 0. The highest BCUT2D eigenvalue weighted by molar-refractivity contribution is 7.83. The quantitative estimate of drug-likeness (QED) is 0.510. The molecule has 0 spiro atoms. The third kappa shape index (κ3) is 0.657. The predicted octanol–water partition coefficient (Wildman–Crippen LogP) is 0.635. The average molecular weight is 172 g/mol. The molecule has 0 aromatic carbocycles. The maximum Gasteiger partial charge on any atom is 0.179 e. The van der Waals surface area contributed by atoms with E-state index in [1.807, 2.05) is 0 Å². The van der Waals surface area contributed by atoms with Crippen molar-refractivity contribution in [1.29, 1.82) is 0 Å². The third-order valence-electron chi connectivity index (χ3n) is 1.23. The van der Waals surface area contributed by atoms with Gasteiger partial charge in [0.1, 0.15) is 5.03 Å². The number of hydrogen-bond acceptors (Lipinski definition) is 4. The Balaban J connectivity index is 2.95. The zero-order valence-electron chi connectivity index (χ0n) is 4.81. The zero-order valence-corrected chi connectivity index (χ0v) is 6.60. The van der Waals surface area contributed by atoms with E-state index in [-0.39, 0.29) is 0 Å². The minimum Gasteiger partial charge on any atom is -0.211 e. The molecule has 0 saturated carbocycles. The Morgan fingerprint density at radius 3 is 3.00 bits per heavy atom. The molecule has 0 atom stereocenters. The minimum atomic E-state index is 0.725. The van der Waals surface area contributed by atoms with Crippen LogP contribution in [-0.4, -0.2) is 20.0 Å². The first-order valence-electron chi connectivity index (χ1n) is 2.59. The molecule has 0 aliphatic carbocycles. The van der Waals surface area contributed by atoms with Crippen molar-refractivity contribution in [3.63, 3.8) is 0 Å². The molecule has 1 N–H and O–H groups in total. The first-order valence-corrected chi connectivity index (χ1v) is 3.49. The van der Waals surface area contributed by atoms with E-state index in [1.165, 1.54) is 0 Å². The van der Waals surface area contributed by atoms with Crippen LogP contribution in [0, 0.1) is 0 Å². The van der Waals surface area contributed by atoms with Gasteiger partial charge in [0.05, 0.1) is 0 Å². The summed E-state index contributed by atoms with van der Waals surface area (Å²) in [5.41, 5.74) is 0.731. The van der Waals surface area contributed by atoms with Crippen LogP contribution in [0.3, 0.4) is 0 Å². The minimum absolute atomic E-state index is 0.725. The summed E-state index contributed by atoms with van der Waals surface area (Å²) in [7, 11) is 0. The maximum absolute atomic E-state index is 4.16. The van der Waals surface area contributed by atoms with Crippen molar-refractivity contribution in [3.8, 4) is 0 Å². The Hall–Kier alpha value is -0.620. The van der Waals surface area contributed by atoms with Gasteiger partial charge in [-0.2, -0.15) is 5.21 Å². The predicted molar refractivity (Wildman–Crippen MR) is 41.8 cm³/mol. The molecule has 0 bridgehead atoms. The molecule has 4 nitrogen and oxygen atoms in total. The number of tetrazole rings is 1. The number of fused-ring (bicyclic) bond motifs is 1. The lowest BCUT2D eigenvalue weighted by molar-refractivity contribution is 0.767. The van der Waals surface area contributed by atoms with E-state index in [0.717, 1.165) is 15.6 Å². The normalized spacial score (nSPS) is 11.0. The standard InChI is InChI=1S/C4H4N4S2/c9-2-1-3-5-6-7-8(3)4(2)10/h1,9-10H,(H,5,7). The number of nitrogens with one attached hydrogen (secondary N) is 1. The second kappa shape index (κ2) is 1.93. The Kier molecular flexibility index (Phi) is 1.18. The molecular weight excluding hydrogens is 168 g/mol. The van der Waals surface area contributed by atoms with E-state index >= 15 is 0 Å². The Morgan fingerprint density at radius 1 is 1.50 bits per heavy atom. The summed E-state index contributed by atoms with van der Waals surface area (Å²) in [6.45, 7) is 0. The number of hydrogen-bond donors (Lipinski definition) is 3. The second-order valence-electron chi connectivity index (χ2n) is 1.85. The molecule has 0 fully saturated rings. The number of nitrogens with zero attached hydrogens (tertiary/aromatic N) is 3. The summed E-state index contributed by atoms with van der Waals surface area (Å²) in [6, 6.07) is 1.79. The summed E-state index contributed by atoms with van der Waals surface area (Å²) in [5, 5.41) is 10.7. The van der Waals surface area contributed by atoms with Crippen LogP contribution in [0.15, 0.2) is 16.0 Å². The maximum atomic E-state index is 4.16. The molecule has 2 aromatic heterocycles. The van der Waals surface area contributed by atoms with E-state index in [9.17, 15) is 0 Å². The fraction of sp³-hybridized carbons (Fsp3) is 0. The van der Waals surface area contributed by atoms with Crippen molar-refractivity contribution >= 4 is 30.9 Å². The topological polar surface area (TPSA) is 46.0 Å². The SMILES string of the molecule is Sc1cc2nn[nH]n2c1S. The van der Waals surface area contributed by atoms with Crippen LogP contribution in [0.1, 0.15) is 0 Å². The van der Waals surface area contributed by atoms with Crippen LogP contribution < -0.4 is 0 Å². The summed E-state index contributed by atoms with van der Waals surface area (Å²) >= 11 is 8.29. The molecule has 2 aromatic rings. The van der Waals surface area contributed by atoms with Gasteiger partial charge in [0.15, 0.2) is 5.65 Å². The molecular formula is C4H4N4S2. The molecule has 0 unspecified atom stereocenters. The van der Waals surface area contributed by atoms with Crippen LogP contribution in [0.4, 0.5) is 0 Å². The second-order valence-corrected chi connectivity index (χ2v) is 2.75. The van der Waals surface area contributed by atoms with Gasteiger partial charge in [0.25, 0.3) is 0 Å². The summed E-state index contributed by atoms with van der Waals surface area (Å²) < 4.78 is 1.64. The molecule has 0 amide bonds. The van der Waals surface area contributed by atoms with E-state index < -0.39 is 0 Å². The van der Waals surface area contributed by atoms with Crippen LogP contribution in [-0.2, 0) is 0 Å². The van der Waals surface area contributed by atoms with Crippen LogP contribution >= 0.6 is 25.3 Å². The van der Waals surface area contributed by atoms with Crippen LogP contribution in [0.25, 0.3) is 5.65 Å². The van der Waals surface area contributed by atoms with Crippen molar-refractivity contribution in [1.82, 2.24) is 20.0 Å². The van der Waals surface area contributed by atoms with Crippen molar-refractivity contribution in [2.24, 2.45) is 0 Å². The number of rotatable bonds is 0. The van der Waals surface area contributed by atoms with Gasteiger partial charge in [-0.15, -0.1) is 30.4 Å². The van der Waals surface area contributed by atoms with Gasteiger partial charge in [0.2, 0.25) is 0 Å². The van der Waals surface area contributed by atoms with Gasteiger partial charge < -0.3 is 0 Å². The van der Waals surface area contributed by atoms with Gasteiger partial charge in [-0.05, 0) is 0 Å². The third-order valence-corrected chi connectivity index (χ3v) is 2.19. The van der Waals surface area contributed by atoms with Crippen molar-refractivity contribution < 1.29 is 0 Å². The monoisotopic (exact) mass is 172 g/mol. The molecule has 0 aliphatic heterocycles. The molecule has 6 heteroatoms. The molecule has 52 valence electrons. The molecule has 0 saturated heterocycles. The van der Waals surface area contributed by atoms with Gasteiger partial charge in [-0.3, -0.25) is 0 Å². The molecule has 0 aliphatic rings. The van der Waals surface area contributed by atoms with Gasteiger partial charge >= 0.3 is 0 Å². The largest absolute Gasteiger partial charge is 0.211 e. The average Bonchev–Trinajstić information content (AvgIpc) is 2.41. The van der Waals surface area contributed by atoms with Gasteiger partial charge in [-0.1, -0.05) is 5.21 Å². The van der Waals surface area contributed by atoms with Gasteiger partial charge in [0, 0.05) is 11.0 Å². The first-order chi connectivity index (χ1) is 4.79. The van der Waals surface area contributed by atoms with E-state index in [0.29, 0.717) is 0 Å². The Bertz CT molecular complexity index is 362. The molecule has 2 rings (SSSR count).